The molecule has 0 aromatic carbocycles. The van der Waals surface area contributed by atoms with Crippen LogP contribution >= 0.6 is 0 Å². The molecule has 0 unspecified atom stereocenters. The van der Waals surface area contributed by atoms with Crippen LogP contribution in [0.5, 0.6) is 0 Å². The minimum absolute atomic E-state index is 0.491. The molecule has 2 saturated carbocycles. The van der Waals surface area contributed by atoms with Crippen molar-refractivity contribution in [2.24, 2.45) is 10.7 Å². The normalized spacial score (nSPS) is 34.2. The molecule has 1 heterocycles. The molecule has 1 saturated heterocycles. The van der Waals surface area contributed by atoms with Gasteiger partial charge in [0.2, 0.25) is 0 Å². The van der Waals surface area contributed by atoms with Gasteiger partial charge in [-0.3, -0.25) is 4.99 Å². The maximum atomic E-state index is 6.01. The van der Waals surface area contributed by atoms with Crippen molar-refractivity contribution in [1.82, 2.24) is 10.2 Å². The van der Waals surface area contributed by atoms with E-state index >= 15 is 0 Å². The van der Waals surface area contributed by atoms with Crippen LogP contribution in [0.15, 0.2) is 4.99 Å². The van der Waals surface area contributed by atoms with Gasteiger partial charge in [-0.2, -0.15) is 0 Å². The zero-order valence-electron chi connectivity index (χ0n) is 12.0. The van der Waals surface area contributed by atoms with Gasteiger partial charge in [-0.05, 0) is 51.6 Å². The van der Waals surface area contributed by atoms with Gasteiger partial charge in [0.1, 0.15) is 0 Å². The summed E-state index contributed by atoms with van der Waals surface area (Å²) in [5.41, 5.74) is 6.01. The number of guanidine groups is 1. The van der Waals surface area contributed by atoms with Crippen molar-refractivity contribution < 1.29 is 0 Å². The van der Waals surface area contributed by atoms with Crippen molar-refractivity contribution in [2.75, 3.05) is 13.1 Å². The van der Waals surface area contributed by atoms with E-state index in [1.165, 1.54) is 70.9 Å². The number of hydrogen-bond acceptors (Lipinski definition) is 2. The molecule has 0 aromatic rings. The second-order valence-electron chi connectivity index (χ2n) is 6.52. The van der Waals surface area contributed by atoms with E-state index in [0.717, 1.165) is 6.04 Å². The van der Waals surface area contributed by atoms with Crippen molar-refractivity contribution >= 4 is 5.96 Å². The van der Waals surface area contributed by atoms with Crippen LogP contribution in [-0.4, -0.2) is 42.1 Å². The summed E-state index contributed by atoms with van der Waals surface area (Å²) in [6.45, 7) is 2.62. The third-order valence-electron chi connectivity index (χ3n) is 5.02. The Kier molecular flexibility index (Phi) is 4.26. The minimum atomic E-state index is 0.491. The van der Waals surface area contributed by atoms with Gasteiger partial charge in [0, 0.05) is 12.1 Å². The predicted molar refractivity (Wildman–Crippen MR) is 79.2 cm³/mol. The summed E-state index contributed by atoms with van der Waals surface area (Å²) in [6, 6.07) is 1.86. The predicted octanol–water partition coefficient (Wildman–Crippen LogP) is 1.85. The zero-order valence-corrected chi connectivity index (χ0v) is 12.0. The fourth-order valence-corrected chi connectivity index (χ4v) is 3.76. The van der Waals surface area contributed by atoms with Crippen LogP contribution in [0.4, 0.5) is 0 Å². The van der Waals surface area contributed by atoms with Crippen molar-refractivity contribution in [3.63, 3.8) is 0 Å². The fourth-order valence-electron chi connectivity index (χ4n) is 3.76. The molecule has 0 bridgehead atoms. The first kappa shape index (κ1) is 13.2. The second kappa shape index (κ2) is 6.12. The van der Waals surface area contributed by atoms with Gasteiger partial charge in [0.05, 0.1) is 6.04 Å². The molecule has 2 aliphatic carbocycles. The van der Waals surface area contributed by atoms with Gasteiger partial charge in [-0.1, -0.05) is 19.3 Å². The maximum absolute atomic E-state index is 6.01. The van der Waals surface area contributed by atoms with E-state index in [1.54, 1.807) is 0 Å². The number of hydrogen-bond donors (Lipinski definition) is 2. The molecule has 1 aliphatic heterocycles. The molecule has 3 rings (SSSR count). The van der Waals surface area contributed by atoms with Crippen molar-refractivity contribution in [3.8, 4) is 0 Å². The molecule has 108 valence electrons. The summed E-state index contributed by atoms with van der Waals surface area (Å²) in [5.74, 6) is 0.689. The van der Waals surface area contributed by atoms with Crippen LogP contribution in [0.1, 0.15) is 57.8 Å². The average molecular weight is 264 g/mol. The van der Waals surface area contributed by atoms with Crippen LogP contribution < -0.4 is 11.1 Å². The third-order valence-corrected chi connectivity index (χ3v) is 5.02. The lowest BCUT2D eigenvalue weighted by atomic mass is 9.84. The number of piperidine rings is 1. The zero-order chi connectivity index (χ0) is 13.1. The second-order valence-corrected chi connectivity index (χ2v) is 6.52. The highest BCUT2D eigenvalue weighted by molar-refractivity contribution is 5.78. The molecule has 3 fully saturated rings. The van der Waals surface area contributed by atoms with Crippen LogP contribution in [0.3, 0.4) is 0 Å². The monoisotopic (exact) mass is 264 g/mol. The summed E-state index contributed by atoms with van der Waals surface area (Å²) in [5, 5.41) is 3.41. The van der Waals surface area contributed by atoms with Gasteiger partial charge >= 0.3 is 0 Å². The van der Waals surface area contributed by atoms with Crippen LogP contribution in [0, 0.1) is 0 Å². The van der Waals surface area contributed by atoms with Crippen LogP contribution in [0.25, 0.3) is 0 Å². The van der Waals surface area contributed by atoms with Crippen LogP contribution in [0.2, 0.25) is 0 Å². The molecule has 0 radical (unpaired) electrons. The number of nitrogens with two attached hydrogens (primary N) is 1. The molecule has 0 spiro atoms. The third kappa shape index (κ3) is 3.41. The Balaban J connectivity index is 1.38. The molecule has 0 aromatic heterocycles. The van der Waals surface area contributed by atoms with E-state index in [1.807, 2.05) is 0 Å². The number of likely N-dealkylation sites (tertiary alicyclic amines) is 1. The maximum Gasteiger partial charge on any atom is 0.189 e. The molecule has 3 aliphatic rings. The highest BCUT2D eigenvalue weighted by atomic mass is 15.2. The number of nitrogens with one attached hydrogen (secondary N) is 1. The fraction of sp³-hybridized carbons (Fsp3) is 0.933. The Morgan fingerprint density at radius 3 is 2.37 bits per heavy atom. The largest absolute Gasteiger partial charge is 0.370 e. The number of aliphatic imine (C=N–C) groups is 1. The molecule has 0 amide bonds. The standard InChI is InChI=1S/C15H28N4/c16-15(17-12-6-2-3-7-12)18-13-10-14(11-13)19-8-4-1-5-9-19/h12-14H,1-11H2,(H3,16,17,18). The van der Waals surface area contributed by atoms with Gasteiger partial charge in [0.25, 0.3) is 0 Å². The summed E-state index contributed by atoms with van der Waals surface area (Å²) in [4.78, 5) is 7.28. The first-order chi connectivity index (χ1) is 9.31. The SMILES string of the molecule is NC(=NC1CCCC1)NC1CC(N2CCCCC2)C1. The quantitative estimate of drug-likeness (QED) is 0.604. The summed E-state index contributed by atoms with van der Waals surface area (Å²) in [6.07, 6.45) is 11.8. The number of nitrogens with zero attached hydrogens (tertiary/aromatic N) is 2. The molecule has 0 atom stereocenters. The number of rotatable bonds is 3. The van der Waals surface area contributed by atoms with Gasteiger partial charge in [0.15, 0.2) is 5.96 Å². The highest BCUT2D eigenvalue weighted by Gasteiger charge is 2.34. The van der Waals surface area contributed by atoms with E-state index in [4.69, 9.17) is 5.73 Å². The Morgan fingerprint density at radius 1 is 1.00 bits per heavy atom. The highest BCUT2D eigenvalue weighted by Crippen LogP contribution is 2.28. The smallest absolute Gasteiger partial charge is 0.189 e. The van der Waals surface area contributed by atoms with Crippen molar-refractivity contribution in [2.45, 2.75) is 75.9 Å². The summed E-state index contributed by atoms with van der Waals surface area (Å²) < 4.78 is 0. The summed E-state index contributed by atoms with van der Waals surface area (Å²) in [7, 11) is 0. The summed E-state index contributed by atoms with van der Waals surface area (Å²) >= 11 is 0. The molecule has 3 N–H and O–H groups in total. The Bertz CT molecular complexity index is 310. The first-order valence-corrected chi connectivity index (χ1v) is 8.15. The van der Waals surface area contributed by atoms with Gasteiger partial charge in [-0.15, -0.1) is 0 Å². The Morgan fingerprint density at radius 2 is 1.68 bits per heavy atom. The first-order valence-electron chi connectivity index (χ1n) is 8.15. The van der Waals surface area contributed by atoms with Gasteiger partial charge in [-0.25, -0.2) is 0 Å². The van der Waals surface area contributed by atoms with E-state index in [-0.39, 0.29) is 0 Å². The lowest BCUT2D eigenvalue weighted by Gasteiger charge is -2.44. The van der Waals surface area contributed by atoms with E-state index in [9.17, 15) is 0 Å². The average Bonchev–Trinajstić information content (AvgIpc) is 2.87. The van der Waals surface area contributed by atoms with Gasteiger partial charge < -0.3 is 16.0 Å². The topological polar surface area (TPSA) is 53.6 Å². The Labute approximate surface area is 116 Å². The lowest BCUT2D eigenvalue weighted by molar-refractivity contribution is 0.0846. The van der Waals surface area contributed by atoms with Crippen LogP contribution in [-0.2, 0) is 0 Å². The van der Waals surface area contributed by atoms with Crippen molar-refractivity contribution in [3.05, 3.63) is 0 Å². The molecular formula is C15H28N4. The van der Waals surface area contributed by atoms with E-state index in [0.29, 0.717) is 18.0 Å². The van der Waals surface area contributed by atoms with E-state index < -0.39 is 0 Å². The minimum Gasteiger partial charge on any atom is -0.370 e. The van der Waals surface area contributed by atoms with Crippen molar-refractivity contribution in [1.29, 1.82) is 0 Å². The molecule has 4 nitrogen and oxygen atoms in total. The molecule has 19 heavy (non-hydrogen) atoms. The lowest BCUT2D eigenvalue weighted by Crippen LogP contribution is -2.56. The Hall–Kier alpha value is -0.770. The van der Waals surface area contributed by atoms with E-state index in [2.05, 4.69) is 15.2 Å². The molecule has 4 heteroatoms. The molecular weight excluding hydrogens is 236 g/mol.